The summed E-state index contributed by atoms with van der Waals surface area (Å²) in [5.41, 5.74) is -3.72. The van der Waals surface area contributed by atoms with E-state index in [0.29, 0.717) is 0 Å². The van der Waals surface area contributed by atoms with Gasteiger partial charge in [-0.05, 0) is 17.8 Å². The molecule has 0 bridgehead atoms. The van der Waals surface area contributed by atoms with Crippen LogP contribution in [0, 0.1) is 53.5 Å². The lowest BCUT2D eigenvalue weighted by Gasteiger charge is -2.11. The Morgan fingerprint density at radius 2 is 0.955 bits per heavy atom. The van der Waals surface area contributed by atoms with Crippen molar-refractivity contribution in [2.75, 3.05) is 0 Å². The van der Waals surface area contributed by atoms with E-state index >= 15 is 0 Å². The van der Waals surface area contributed by atoms with Crippen LogP contribution in [0.1, 0.15) is 5.56 Å². The molecule has 0 radical (unpaired) electrons. The fourth-order valence-electron chi connectivity index (χ4n) is 1.90. The molecule has 22 heavy (non-hydrogen) atoms. The molecule has 0 amide bonds. The third-order valence-electron chi connectivity index (χ3n) is 3.13. The molecular weight excluding hydrogens is 319 g/mol. The smallest absolute Gasteiger partial charge is 0.204 e. The number of hydrogen-bond acceptors (Lipinski definition) is 0. The Morgan fingerprint density at radius 1 is 0.591 bits per heavy atom. The summed E-state index contributed by atoms with van der Waals surface area (Å²) in [5.74, 6) is -14.7. The summed E-state index contributed by atoms with van der Waals surface area (Å²) in [6, 6.07) is -0.100. The minimum Gasteiger partial charge on any atom is -0.204 e. The van der Waals surface area contributed by atoms with Gasteiger partial charge in [-0.3, -0.25) is 0 Å². The van der Waals surface area contributed by atoms with Gasteiger partial charge in [-0.25, -0.2) is 35.1 Å². The SMILES string of the molecule is Cc1c(F)c(F)c(Bc2c(F)c(F)cc(F)c2F)c(F)c1F. The average molecular weight is 324 g/mol. The van der Waals surface area contributed by atoms with Crippen molar-refractivity contribution >= 4 is 18.2 Å². The molecule has 2 aromatic carbocycles. The third-order valence-corrected chi connectivity index (χ3v) is 3.13. The second kappa shape index (κ2) is 5.62. The molecule has 0 atom stereocenters. The van der Waals surface area contributed by atoms with E-state index in [0.717, 1.165) is 6.92 Å². The summed E-state index contributed by atoms with van der Waals surface area (Å²) >= 11 is 0. The molecule has 2 rings (SSSR count). The lowest BCUT2D eigenvalue weighted by atomic mass is 9.62. The Hall–Kier alpha value is -2.06. The fourth-order valence-corrected chi connectivity index (χ4v) is 1.90. The maximum atomic E-state index is 13.6. The van der Waals surface area contributed by atoms with Gasteiger partial charge in [0.15, 0.2) is 46.5 Å². The Morgan fingerprint density at radius 3 is 1.36 bits per heavy atom. The topological polar surface area (TPSA) is 0 Å². The second-order valence-corrected chi connectivity index (χ2v) is 4.48. The van der Waals surface area contributed by atoms with Gasteiger partial charge in [0, 0.05) is 11.6 Å². The molecule has 0 aliphatic rings. The minimum atomic E-state index is -1.90. The van der Waals surface area contributed by atoms with Crippen LogP contribution in [-0.4, -0.2) is 7.28 Å². The maximum absolute atomic E-state index is 13.6. The highest BCUT2D eigenvalue weighted by atomic mass is 19.2. The van der Waals surface area contributed by atoms with Crippen molar-refractivity contribution in [3.05, 3.63) is 58.2 Å². The van der Waals surface area contributed by atoms with Crippen LogP contribution in [0.3, 0.4) is 0 Å². The Bertz CT molecular complexity index is 716. The molecule has 0 saturated heterocycles. The zero-order valence-electron chi connectivity index (χ0n) is 10.8. The molecule has 0 spiro atoms. The van der Waals surface area contributed by atoms with Gasteiger partial charge in [-0.15, -0.1) is 0 Å². The van der Waals surface area contributed by atoms with Crippen molar-refractivity contribution in [3.63, 3.8) is 0 Å². The van der Waals surface area contributed by atoms with E-state index in [9.17, 15) is 35.1 Å². The predicted molar refractivity (Wildman–Crippen MR) is 63.7 cm³/mol. The zero-order chi connectivity index (χ0) is 16.8. The maximum Gasteiger partial charge on any atom is 0.208 e. The van der Waals surface area contributed by atoms with Gasteiger partial charge in [0.05, 0.1) is 0 Å². The van der Waals surface area contributed by atoms with Gasteiger partial charge in [-0.2, -0.15) is 0 Å². The summed E-state index contributed by atoms with van der Waals surface area (Å²) in [7, 11) is -1.40. The summed E-state index contributed by atoms with van der Waals surface area (Å²) in [5, 5.41) is 0. The van der Waals surface area contributed by atoms with Crippen LogP contribution in [0.4, 0.5) is 35.1 Å². The first-order valence-corrected chi connectivity index (χ1v) is 5.80. The quantitative estimate of drug-likeness (QED) is 0.452. The normalized spacial score (nSPS) is 11.0. The lowest BCUT2D eigenvalue weighted by Crippen LogP contribution is -2.39. The van der Waals surface area contributed by atoms with E-state index < -0.39 is 70.3 Å². The molecule has 9 heteroatoms. The van der Waals surface area contributed by atoms with Crippen molar-refractivity contribution in [1.82, 2.24) is 0 Å². The molecule has 0 N–H and O–H groups in total. The third kappa shape index (κ3) is 2.44. The minimum absolute atomic E-state index is 0.100. The second-order valence-electron chi connectivity index (χ2n) is 4.48. The van der Waals surface area contributed by atoms with Crippen LogP contribution in [-0.2, 0) is 0 Å². The highest BCUT2D eigenvalue weighted by molar-refractivity contribution is 6.67. The van der Waals surface area contributed by atoms with Gasteiger partial charge < -0.3 is 0 Å². The van der Waals surface area contributed by atoms with E-state index in [1.54, 1.807) is 0 Å². The van der Waals surface area contributed by atoms with Gasteiger partial charge in [-0.1, -0.05) is 0 Å². The standard InChI is InChI=1S/C13H5BF8/c1-3-8(17)12(21)7(13(22)9(3)18)14-6-10(19)4(15)2-5(16)11(6)20/h2,14H,1H3. The molecule has 0 aliphatic heterocycles. The molecule has 116 valence electrons. The predicted octanol–water partition coefficient (Wildman–Crippen LogP) is 2.50. The highest BCUT2D eigenvalue weighted by Gasteiger charge is 2.27. The fraction of sp³-hybridized carbons (Fsp3) is 0.0769. The lowest BCUT2D eigenvalue weighted by molar-refractivity contribution is 0.453. The largest absolute Gasteiger partial charge is 0.208 e. The van der Waals surface area contributed by atoms with Gasteiger partial charge >= 0.3 is 0 Å². The molecule has 0 saturated carbocycles. The first-order valence-electron chi connectivity index (χ1n) is 5.80. The monoisotopic (exact) mass is 324 g/mol. The molecule has 0 aromatic heterocycles. The first kappa shape index (κ1) is 16.3. The first-order chi connectivity index (χ1) is 10.2. The van der Waals surface area contributed by atoms with Gasteiger partial charge in [0.25, 0.3) is 0 Å². The summed E-state index contributed by atoms with van der Waals surface area (Å²) in [6.45, 7) is 0.754. The van der Waals surface area contributed by atoms with Gasteiger partial charge in [0.2, 0.25) is 7.28 Å². The van der Waals surface area contributed by atoms with Gasteiger partial charge in [0.1, 0.15) is 0 Å². The zero-order valence-corrected chi connectivity index (χ0v) is 10.8. The van der Waals surface area contributed by atoms with Crippen LogP contribution in [0.25, 0.3) is 0 Å². The highest BCUT2D eigenvalue weighted by Crippen LogP contribution is 2.17. The molecule has 0 nitrogen and oxygen atoms in total. The summed E-state index contributed by atoms with van der Waals surface area (Å²) in [4.78, 5) is 0. The van der Waals surface area contributed by atoms with E-state index in [4.69, 9.17) is 0 Å². The molecule has 0 unspecified atom stereocenters. The van der Waals surface area contributed by atoms with Crippen LogP contribution >= 0.6 is 0 Å². The Balaban J connectivity index is 2.68. The molecule has 0 aliphatic carbocycles. The van der Waals surface area contributed by atoms with Crippen LogP contribution in [0.15, 0.2) is 6.07 Å². The van der Waals surface area contributed by atoms with Crippen molar-refractivity contribution in [1.29, 1.82) is 0 Å². The van der Waals surface area contributed by atoms with Crippen molar-refractivity contribution < 1.29 is 35.1 Å². The van der Waals surface area contributed by atoms with Crippen LogP contribution < -0.4 is 10.9 Å². The van der Waals surface area contributed by atoms with Crippen molar-refractivity contribution in [2.24, 2.45) is 0 Å². The molecule has 0 heterocycles. The van der Waals surface area contributed by atoms with Crippen molar-refractivity contribution in [2.45, 2.75) is 6.92 Å². The number of rotatable bonds is 2. The molecular formula is C13H5BF8. The van der Waals surface area contributed by atoms with E-state index in [1.165, 1.54) is 0 Å². The van der Waals surface area contributed by atoms with Crippen LogP contribution in [0.2, 0.25) is 0 Å². The van der Waals surface area contributed by atoms with E-state index in [2.05, 4.69) is 0 Å². The molecule has 2 aromatic rings. The average Bonchev–Trinajstić information content (AvgIpc) is 2.48. The van der Waals surface area contributed by atoms with Crippen molar-refractivity contribution in [3.8, 4) is 0 Å². The summed E-state index contributed by atoms with van der Waals surface area (Å²) < 4.78 is 107. The Labute approximate surface area is 119 Å². The number of hydrogen-bond donors (Lipinski definition) is 0. The van der Waals surface area contributed by atoms with E-state index in [-0.39, 0.29) is 6.07 Å². The molecule has 0 fully saturated rings. The Kier molecular flexibility index (Phi) is 4.17. The van der Waals surface area contributed by atoms with E-state index in [1.807, 2.05) is 0 Å². The number of benzene rings is 2. The van der Waals surface area contributed by atoms with Crippen LogP contribution in [0.5, 0.6) is 0 Å². The summed E-state index contributed by atoms with van der Waals surface area (Å²) in [6.07, 6.45) is 0. The number of halogens is 8.